The van der Waals surface area contributed by atoms with Gasteiger partial charge in [-0.15, -0.1) is 0 Å². The van der Waals surface area contributed by atoms with Gasteiger partial charge in [0, 0.05) is 18.9 Å². The summed E-state index contributed by atoms with van der Waals surface area (Å²) < 4.78 is 0. The van der Waals surface area contributed by atoms with Gasteiger partial charge < -0.3 is 5.32 Å². The number of amides is 1. The second-order valence-electron chi connectivity index (χ2n) is 6.23. The average molecular weight is 287 g/mol. The topological polar surface area (TPSA) is 29.1 Å². The van der Waals surface area contributed by atoms with Gasteiger partial charge in [-0.25, -0.2) is 0 Å². The van der Waals surface area contributed by atoms with Crippen molar-refractivity contribution in [1.29, 1.82) is 0 Å². The van der Waals surface area contributed by atoms with Gasteiger partial charge in [-0.3, -0.25) is 4.79 Å². The Morgan fingerprint density at radius 1 is 1.29 bits per heavy atom. The average Bonchev–Trinajstić information content (AvgIpc) is 2.51. The van der Waals surface area contributed by atoms with Gasteiger partial charge >= 0.3 is 0 Å². The molecule has 2 heteroatoms. The first-order chi connectivity index (χ1) is 10.3. The van der Waals surface area contributed by atoms with Crippen LogP contribution in [0, 0.1) is 0 Å². The van der Waals surface area contributed by atoms with Crippen LogP contribution in [0.25, 0.3) is 0 Å². The van der Waals surface area contributed by atoms with E-state index >= 15 is 0 Å². The number of rotatable bonds is 7. The van der Waals surface area contributed by atoms with Crippen molar-refractivity contribution in [2.45, 2.75) is 71.1 Å². The molecule has 0 saturated carbocycles. The molecule has 0 aromatic heterocycles. The summed E-state index contributed by atoms with van der Waals surface area (Å²) in [4.78, 5) is 11.7. The summed E-state index contributed by atoms with van der Waals surface area (Å²) in [5.74, 6) is 0.711. The molecular weight excluding hydrogens is 258 g/mol. The van der Waals surface area contributed by atoms with E-state index in [9.17, 15) is 4.79 Å². The number of fused-ring (bicyclic) bond motifs is 1. The Kier molecular flexibility index (Phi) is 6.28. The molecule has 1 aliphatic rings. The van der Waals surface area contributed by atoms with Gasteiger partial charge in [-0.2, -0.15) is 0 Å². The molecule has 1 atom stereocenters. The molecule has 116 valence electrons. The van der Waals surface area contributed by atoms with Gasteiger partial charge in [0.1, 0.15) is 0 Å². The van der Waals surface area contributed by atoms with E-state index in [1.165, 1.54) is 44.1 Å². The zero-order valence-electron chi connectivity index (χ0n) is 13.6. The summed E-state index contributed by atoms with van der Waals surface area (Å²) >= 11 is 0. The maximum absolute atomic E-state index is 11.7. The molecule has 2 rings (SSSR count). The van der Waals surface area contributed by atoms with E-state index in [1.807, 2.05) is 0 Å². The second-order valence-corrected chi connectivity index (χ2v) is 6.23. The largest absolute Gasteiger partial charge is 0.355 e. The zero-order chi connectivity index (χ0) is 15.1. The molecule has 0 fully saturated rings. The van der Waals surface area contributed by atoms with E-state index in [2.05, 4.69) is 37.4 Å². The molecular formula is C19H29NO. The minimum Gasteiger partial charge on any atom is -0.355 e. The third-order valence-corrected chi connectivity index (χ3v) is 4.55. The van der Waals surface area contributed by atoms with Gasteiger partial charge in [0.05, 0.1) is 0 Å². The highest BCUT2D eigenvalue weighted by Crippen LogP contribution is 2.33. The summed E-state index contributed by atoms with van der Waals surface area (Å²) in [5.41, 5.74) is 4.61. The Balaban J connectivity index is 2.06. The number of hydrogen-bond donors (Lipinski definition) is 1. The van der Waals surface area contributed by atoms with Crippen molar-refractivity contribution < 1.29 is 4.79 Å². The predicted octanol–water partition coefficient (Wildman–Crippen LogP) is 4.37. The van der Waals surface area contributed by atoms with Gasteiger partial charge in [0.2, 0.25) is 5.91 Å². The molecule has 0 saturated heterocycles. The summed E-state index contributed by atoms with van der Waals surface area (Å²) in [7, 11) is 0. The summed E-state index contributed by atoms with van der Waals surface area (Å²) in [5, 5.41) is 3.12. The molecule has 21 heavy (non-hydrogen) atoms. The third kappa shape index (κ3) is 4.33. The molecule has 0 aliphatic heterocycles. The number of benzene rings is 1. The van der Waals surface area contributed by atoms with E-state index in [0.29, 0.717) is 12.3 Å². The first-order valence-electron chi connectivity index (χ1n) is 8.63. The SMILES string of the molecule is CCCCc1cccc2c1CCCC2CNC(=O)CCC. The van der Waals surface area contributed by atoms with E-state index in [1.54, 1.807) is 11.1 Å². The maximum atomic E-state index is 11.7. The monoisotopic (exact) mass is 287 g/mol. The van der Waals surface area contributed by atoms with Crippen molar-refractivity contribution in [1.82, 2.24) is 5.32 Å². The number of aryl methyl sites for hydroxylation is 1. The van der Waals surface area contributed by atoms with Gasteiger partial charge in [0.15, 0.2) is 0 Å². The Hall–Kier alpha value is -1.31. The van der Waals surface area contributed by atoms with Gasteiger partial charge in [0.25, 0.3) is 0 Å². The molecule has 1 aromatic rings. The number of unbranched alkanes of at least 4 members (excludes halogenated alkanes) is 1. The van der Waals surface area contributed by atoms with Crippen LogP contribution < -0.4 is 5.32 Å². The van der Waals surface area contributed by atoms with Crippen molar-refractivity contribution in [3.63, 3.8) is 0 Å². The second kappa shape index (κ2) is 8.21. The highest BCUT2D eigenvalue weighted by molar-refractivity contribution is 5.75. The summed E-state index contributed by atoms with van der Waals surface area (Å²) in [6, 6.07) is 6.78. The van der Waals surface area contributed by atoms with E-state index in [-0.39, 0.29) is 5.91 Å². The summed E-state index contributed by atoms with van der Waals surface area (Å²) in [6.07, 6.45) is 8.98. The molecule has 1 amide bonds. The standard InChI is InChI=1S/C19H29NO/c1-3-5-9-15-10-6-13-18-16(11-7-12-17(15)18)14-20-19(21)8-4-2/h6,10,13,16H,3-5,7-9,11-12,14H2,1-2H3,(H,20,21). The Morgan fingerprint density at radius 3 is 2.90 bits per heavy atom. The van der Waals surface area contributed by atoms with Crippen molar-refractivity contribution in [3.05, 3.63) is 34.9 Å². The molecule has 1 aromatic carbocycles. The van der Waals surface area contributed by atoms with E-state index in [0.717, 1.165) is 13.0 Å². The zero-order valence-corrected chi connectivity index (χ0v) is 13.6. The van der Waals surface area contributed by atoms with E-state index < -0.39 is 0 Å². The number of nitrogens with one attached hydrogen (secondary N) is 1. The molecule has 1 aliphatic carbocycles. The van der Waals surface area contributed by atoms with Crippen molar-refractivity contribution in [3.8, 4) is 0 Å². The van der Waals surface area contributed by atoms with Crippen LogP contribution >= 0.6 is 0 Å². The minimum absolute atomic E-state index is 0.201. The lowest BCUT2D eigenvalue weighted by molar-refractivity contribution is -0.121. The lowest BCUT2D eigenvalue weighted by atomic mass is 9.80. The smallest absolute Gasteiger partial charge is 0.220 e. The molecule has 0 radical (unpaired) electrons. The third-order valence-electron chi connectivity index (χ3n) is 4.55. The predicted molar refractivity (Wildman–Crippen MR) is 88.7 cm³/mol. The molecule has 1 unspecified atom stereocenters. The molecule has 0 bridgehead atoms. The highest BCUT2D eigenvalue weighted by atomic mass is 16.1. The normalized spacial score (nSPS) is 17.3. The molecule has 2 nitrogen and oxygen atoms in total. The minimum atomic E-state index is 0.201. The fourth-order valence-electron chi connectivity index (χ4n) is 3.39. The Labute approximate surface area is 129 Å². The van der Waals surface area contributed by atoms with Crippen LogP contribution in [0.5, 0.6) is 0 Å². The lowest BCUT2D eigenvalue weighted by Crippen LogP contribution is -2.29. The number of hydrogen-bond acceptors (Lipinski definition) is 1. The number of carbonyl (C=O) groups excluding carboxylic acids is 1. The highest BCUT2D eigenvalue weighted by Gasteiger charge is 2.22. The van der Waals surface area contributed by atoms with Gasteiger partial charge in [-0.1, -0.05) is 38.5 Å². The van der Waals surface area contributed by atoms with E-state index in [4.69, 9.17) is 0 Å². The fraction of sp³-hybridized carbons (Fsp3) is 0.632. The van der Waals surface area contributed by atoms with Crippen LogP contribution in [0.4, 0.5) is 0 Å². The Morgan fingerprint density at radius 2 is 2.14 bits per heavy atom. The van der Waals surface area contributed by atoms with Crippen LogP contribution in [0.15, 0.2) is 18.2 Å². The maximum Gasteiger partial charge on any atom is 0.220 e. The van der Waals surface area contributed by atoms with Crippen LogP contribution in [0.2, 0.25) is 0 Å². The summed E-state index contributed by atoms with van der Waals surface area (Å²) in [6.45, 7) is 5.11. The molecule has 0 spiro atoms. The van der Waals surface area contributed by atoms with Crippen LogP contribution in [-0.4, -0.2) is 12.5 Å². The quantitative estimate of drug-likeness (QED) is 0.793. The van der Waals surface area contributed by atoms with Crippen molar-refractivity contribution >= 4 is 5.91 Å². The van der Waals surface area contributed by atoms with Crippen LogP contribution in [0.1, 0.15) is 75.0 Å². The lowest BCUT2D eigenvalue weighted by Gasteiger charge is -2.27. The first kappa shape index (κ1) is 16.1. The molecule has 1 N–H and O–H groups in total. The van der Waals surface area contributed by atoms with Gasteiger partial charge in [-0.05, 0) is 55.2 Å². The fourth-order valence-corrected chi connectivity index (χ4v) is 3.39. The molecule has 0 heterocycles. The Bertz CT molecular complexity index is 467. The first-order valence-corrected chi connectivity index (χ1v) is 8.63. The van der Waals surface area contributed by atoms with Crippen LogP contribution in [0.3, 0.4) is 0 Å². The van der Waals surface area contributed by atoms with Crippen molar-refractivity contribution in [2.75, 3.05) is 6.54 Å². The number of carbonyl (C=O) groups is 1. The van der Waals surface area contributed by atoms with Crippen LogP contribution in [-0.2, 0) is 17.6 Å². The van der Waals surface area contributed by atoms with Crippen molar-refractivity contribution in [2.24, 2.45) is 0 Å².